The number of nitrogens with two attached hydrogens (primary N) is 1. The van der Waals surface area contributed by atoms with Crippen molar-refractivity contribution < 1.29 is 13.5 Å². The molecule has 1 rings (SSSR count). The maximum absolute atomic E-state index is 11.3. The van der Waals surface area contributed by atoms with Gasteiger partial charge in [0.1, 0.15) is 0 Å². The smallest absolute Gasteiger partial charge is 0.152 e. The quantitative estimate of drug-likeness (QED) is 0.538. The van der Waals surface area contributed by atoms with E-state index in [-0.39, 0.29) is 18.1 Å². The van der Waals surface area contributed by atoms with Crippen LogP contribution in [0.1, 0.15) is 6.42 Å². The molecule has 96 valence electrons. The van der Waals surface area contributed by atoms with Gasteiger partial charge >= 0.3 is 0 Å². The molecule has 0 spiro atoms. The molecule has 0 fully saturated rings. The molecule has 1 aromatic carbocycles. The summed E-state index contributed by atoms with van der Waals surface area (Å²) < 4.78 is 22.7. The number of sulfone groups is 1. The largest absolute Gasteiger partial charge is 0.395 e. The molecule has 3 N–H and O–H groups in total. The van der Waals surface area contributed by atoms with Crippen molar-refractivity contribution in [2.24, 2.45) is 5.84 Å². The second kappa shape index (κ2) is 6.58. The van der Waals surface area contributed by atoms with Crippen LogP contribution >= 0.6 is 0 Å². The Hall–Kier alpha value is -1.11. The average Bonchev–Trinajstić information content (AvgIpc) is 2.29. The van der Waals surface area contributed by atoms with Gasteiger partial charge in [-0.25, -0.2) is 14.3 Å². The minimum atomic E-state index is -3.14. The van der Waals surface area contributed by atoms with Crippen molar-refractivity contribution in [3.8, 4) is 0 Å². The summed E-state index contributed by atoms with van der Waals surface area (Å²) in [5.41, 5.74) is 0.854. The number of hydrogen-bond acceptors (Lipinski definition) is 5. The number of nitrogens with zero attached hydrogens (tertiary/aromatic N) is 1. The second-order valence-corrected chi connectivity index (χ2v) is 6.06. The van der Waals surface area contributed by atoms with Gasteiger partial charge in [0.15, 0.2) is 9.84 Å². The molecule has 0 aromatic heterocycles. The van der Waals surface area contributed by atoms with Crippen LogP contribution in [0.3, 0.4) is 0 Å². The Kier molecular flexibility index (Phi) is 5.40. The highest BCUT2D eigenvalue weighted by molar-refractivity contribution is 7.91. The standard InChI is InChI=1S/C11H18N2O3S/c12-13(11-5-2-1-3-6-11)7-4-9-17(15,16)10-8-14/h1-3,5-6,14H,4,7-10,12H2. The van der Waals surface area contributed by atoms with Crippen LogP contribution in [0.4, 0.5) is 5.69 Å². The maximum Gasteiger partial charge on any atom is 0.152 e. The van der Waals surface area contributed by atoms with E-state index in [1.165, 1.54) is 5.01 Å². The molecule has 0 radical (unpaired) electrons. The third-order valence-electron chi connectivity index (χ3n) is 2.34. The van der Waals surface area contributed by atoms with Crippen molar-refractivity contribution in [1.82, 2.24) is 0 Å². The van der Waals surface area contributed by atoms with Gasteiger partial charge in [-0.2, -0.15) is 0 Å². The van der Waals surface area contributed by atoms with Crippen LogP contribution in [-0.4, -0.2) is 38.2 Å². The number of para-hydroxylation sites is 1. The Bertz CT molecular complexity index is 420. The SMILES string of the molecule is NN(CCCS(=O)(=O)CCO)c1ccccc1. The number of hydrazine groups is 1. The molecule has 5 nitrogen and oxygen atoms in total. The topological polar surface area (TPSA) is 83.6 Å². The van der Waals surface area contributed by atoms with E-state index in [0.717, 1.165) is 5.69 Å². The van der Waals surface area contributed by atoms with Crippen molar-refractivity contribution in [1.29, 1.82) is 0 Å². The first kappa shape index (κ1) is 14.0. The van der Waals surface area contributed by atoms with Crippen LogP contribution in [0.5, 0.6) is 0 Å². The van der Waals surface area contributed by atoms with Crippen molar-refractivity contribution in [3.05, 3.63) is 30.3 Å². The molecule has 0 saturated carbocycles. The Morgan fingerprint density at radius 2 is 1.82 bits per heavy atom. The minimum absolute atomic E-state index is 0.0497. The average molecular weight is 258 g/mol. The van der Waals surface area contributed by atoms with Crippen molar-refractivity contribution in [2.75, 3.05) is 29.7 Å². The summed E-state index contributed by atoms with van der Waals surface area (Å²) in [6, 6.07) is 9.36. The molecule has 0 bridgehead atoms. The number of rotatable bonds is 7. The molecule has 0 aliphatic heterocycles. The van der Waals surface area contributed by atoms with E-state index in [1.54, 1.807) is 0 Å². The van der Waals surface area contributed by atoms with Crippen LogP contribution in [0, 0.1) is 0 Å². The number of benzene rings is 1. The zero-order chi connectivity index (χ0) is 12.7. The molecular weight excluding hydrogens is 240 g/mol. The summed E-state index contributed by atoms with van der Waals surface area (Å²) in [5, 5.41) is 10.1. The lowest BCUT2D eigenvalue weighted by molar-refractivity contribution is 0.319. The molecular formula is C11H18N2O3S. The van der Waals surface area contributed by atoms with Gasteiger partial charge in [0.05, 0.1) is 23.8 Å². The predicted molar refractivity (Wildman–Crippen MR) is 68.3 cm³/mol. The monoisotopic (exact) mass is 258 g/mol. The minimum Gasteiger partial charge on any atom is -0.395 e. The molecule has 0 aliphatic rings. The zero-order valence-corrected chi connectivity index (χ0v) is 10.4. The summed E-state index contributed by atoms with van der Waals surface area (Å²) >= 11 is 0. The fraction of sp³-hybridized carbons (Fsp3) is 0.455. The van der Waals surface area contributed by atoms with E-state index in [2.05, 4.69) is 0 Å². The summed E-state index contributed by atoms with van der Waals surface area (Å²) in [6.07, 6.45) is 0.452. The summed E-state index contributed by atoms with van der Waals surface area (Å²) in [7, 11) is -3.14. The molecule has 0 heterocycles. The lowest BCUT2D eigenvalue weighted by Crippen LogP contribution is -2.33. The van der Waals surface area contributed by atoms with Crippen LogP contribution in [0.2, 0.25) is 0 Å². The molecule has 6 heteroatoms. The third-order valence-corrected chi connectivity index (χ3v) is 4.06. The van der Waals surface area contributed by atoms with Gasteiger partial charge in [-0.05, 0) is 18.6 Å². The van der Waals surface area contributed by atoms with E-state index >= 15 is 0 Å². The third kappa shape index (κ3) is 5.16. The Morgan fingerprint density at radius 3 is 2.41 bits per heavy atom. The van der Waals surface area contributed by atoms with Crippen molar-refractivity contribution in [2.45, 2.75) is 6.42 Å². The summed E-state index contributed by atoms with van der Waals surface area (Å²) in [5.74, 6) is 5.66. The van der Waals surface area contributed by atoms with Gasteiger partial charge in [0.2, 0.25) is 0 Å². The first-order chi connectivity index (χ1) is 8.05. The maximum atomic E-state index is 11.3. The highest BCUT2D eigenvalue weighted by Crippen LogP contribution is 2.09. The number of hydrogen-bond donors (Lipinski definition) is 2. The highest BCUT2D eigenvalue weighted by atomic mass is 32.2. The van der Waals surface area contributed by atoms with Gasteiger partial charge in [-0.15, -0.1) is 0 Å². The van der Waals surface area contributed by atoms with Crippen LogP contribution in [0.25, 0.3) is 0 Å². The van der Waals surface area contributed by atoms with E-state index in [9.17, 15) is 8.42 Å². The molecule has 0 saturated heterocycles. The van der Waals surface area contributed by atoms with Crippen LogP contribution in [-0.2, 0) is 9.84 Å². The van der Waals surface area contributed by atoms with E-state index in [0.29, 0.717) is 13.0 Å². The molecule has 17 heavy (non-hydrogen) atoms. The molecule has 0 unspecified atom stereocenters. The molecule has 0 atom stereocenters. The van der Waals surface area contributed by atoms with Crippen LogP contribution < -0.4 is 10.9 Å². The zero-order valence-electron chi connectivity index (χ0n) is 9.62. The molecule has 1 aromatic rings. The first-order valence-electron chi connectivity index (χ1n) is 5.44. The van der Waals surface area contributed by atoms with Crippen molar-refractivity contribution >= 4 is 15.5 Å². The highest BCUT2D eigenvalue weighted by Gasteiger charge is 2.10. The lowest BCUT2D eigenvalue weighted by Gasteiger charge is -2.18. The summed E-state index contributed by atoms with van der Waals surface area (Å²) in [6.45, 7) is 0.141. The van der Waals surface area contributed by atoms with Gasteiger partial charge in [-0.1, -0.05) is 18.2 Å². The Labute approximate surface area is 102 Å². The normalized spacial score (nSPS) is 11.4. The lowest BCUT2D eigenvalue weighted by atomic mass is 10.3. The first-order valence-corrected chi connectivity index (χ1v) is 7.26. The van der Waals surface area contributed by atoms with Gasteiger partial charge < -0.3 is 10.1 Å². The number of aliphatic hydroxyl groups is 1. The summed E-state index contributed by atoms with van der Waals surface area (Å²) in [4.78, 5) is 0. The second-order valence-electron chi connectivity index (χ2n) is 3.76. The van der Waals surface area contributed by atoms with E-state index in [1.807, 2.05) is 30.3 Å². The van der Waals surface area contributed by atoms with Crippen LogP contribution in [0.15, 0.2) is 30.3 Å². The van der Waals surface area contributed by atoms with E-state index < -0.39 is 9.84 Å². The molecule has 0 amide bonds. The van der Waals surface area contributed by atoms with Gasteiger partial charge in [0.25, 0.3) is 0 Å². The van der Waals surface area contributed by atoms with E-state index in [4.69, 9.17) is 10.9 Å². The fourth-order valence-corrected chi connectivity index (χ4v) is 2.50. The Morgan fingerprint density at radius 1 is 1.18 bits per heavy atom. The number of aliphatic hydroxyl groups excluding tert-OH is 1. The van der Waals surface area contributed by atoms with Gasteiger partial charge in [0, 0.05) is 6.54 Å². The predicted octanol–water partition coefficient (Wildman–Crippen LogP) is 0.164. The van der Waals surface area contributed by atoms with Gasteiger partial charge in [-0.3, -0.25) is 0 Å². The van der Waals surface area contributed by atoms with Crippen molar-refractivity contribution in [3.63, 3.8) is 0 Å². The Balaban J connectivity index is 2.37. The number of anilines is 1. The fourth-order valence-electron chi connectivity index (χ4n) is 1.44. The molecule has 0 aliphatic carbocycles.